The number of fused-ring (bicyclic) bond motifs is 1. The largest absolute Gasteiger partial charge is 0.390 e. The van der Waals surface area contributed by atoms with Crippen molar-refractivity contribution in [3.05, 3.63) is 0 Å². The topological polar surface area (TPSA) is 23.5 Å². The first-order valence-corrected chi connectivity index (χ1v) is 5.75. The number of likely N-dealkylation sites (tertiary alicyclic amines) is 1. The number of halogens is 1. The first kappa shape index (κ1) is 10.4. The van der Waals surface area contributed by atoms with Crippen LogP contribution in [0.4, 0.5) is 4.39 Å². The lowest BCUT2D eigenvalue weighted by atomic mass is 9.71. The molecule has 0 aromatic rings. The summed E-state index contributed by atoms with van der Waals surface area (Å²) in [6.07, 6.45) is 5.32. The SMILES string of the molecule is OC12CCCCC1CN(CCF)CC2. The highest BCUT2D eigenvalue weighted by Gasteiger charge is 2.42. The number of alkyl halides is 1. The van der Waals surface area contributed by atoms with Crippen LogP contribution in [0, 0.1) is 5.92 Å². The minimum absolute atomic E-state index is 0.259. The van der Waals surface area contributed by atoms with E-state index in [9.17, 15) is 9.50 Å². The smallest absolute Gasteiger partial charge is 0.102 e. The molecule has 1 N–H and O–H groups in total. The van der Waals surface area contributed by atoms with Crippen molar-refractivity contribution in [1.29, 1.82) is 0 Å². The molecule has 2 rings (SSSR count). The standard InChI is InChI=1S/C11H20FNO/c12-6-8-13-7-5-11(14)4-2-1-3-10(11)9-13/h10,14H,1-9H2. The highest BCUT2D eigenvalue weighted by Crippen LogP contribution is 2.39. The second-order valence-electron chi connectivity index (χ2n) is 4.79. The Kier molecular flexibility index (Phi) is 3.07. The van der Waals surface area contributed by atoms with Crippen molar-refractivity contribution in [2.75, 3.05) is 26.3 Å². The quantitative estimate of drug-likeness (QED) is 0.733. The maximum Gasteiger partial charge on any atom is 0.102 e. The van der Waals surface area contributed by atoms with Gasteiger partial charge in [0.1, 0.15) is 6.67 Å². The molecule has 1 aliphatic heterocycles. The molecule has 3 heteroatoms. The third-order valence-electron chi connectivity index (χ3n) is 3.91. The molecule has 2 aliphatic rings. The van der Waals surface area contributed by atoms with Gasteiger partial charge in [0.05, 0.1) is 5.60 Å². The average molecular weight is 201 g/mol. The number of hydrogen-bond acceptors (Lipinski definition) is 2. The lowest BCUT2D eigenvalue weighted by molar-refractivity contribution is -0.0957. The van der Waals surface area contributed by atoms with Gasteiger partial charge < -0.3 is 10.0 Å². The molecule has 1 saturated carbocycles. The van der Waals surface area contributed by atoms with Crippen LogP contribution in [-0.4, -0.2) is 41.9 Å². The third kappa shape index (κ3) is 1.94. The monoisotopic (exact) mass is 201 g/mol. The zero-order valence-electron chi connectivity index (χ0n) is 8.71. The van der Waals surface area contributed by atoms with E-state index in [-0.39, 0.29) is 6.67 Å². The maximum atomic E-state index is 12.2. The average Bonchev–Trinajstić information content (AvgIpc) is 2.19. The summed E-state index contributed by atoms with van der Waals surface area (Å²) < 4.78 is 12.2. The minimum Gasteiger partial charge on any atom is -0.390 e. The van der Waals surface area contributed by atoms with E-state index in [1.54, 1.807) is 0 Å². The molecule has 0 bridgehead atoms. The summed E-state index contributed by atoms with van der Waals surface area (Å²) in [5.41, 5.74) is -0.412. The van der Waals surface area contributed by atoms with Gasteiger partial charge in [-0.15, -0.1) is 0 Å². The molecule has 0 amide bonds. The van der Waals surface area contributed by atoms with E-state index in [0.717, 1.165) is 38.8 Å². The Bertz CT molecular complexity index is 200. The number of aliphatic hydroxyl groups is 1. The Hall–Kier alpha value is -0.150. The van der Waals surface area contributed by atoms with Crippen molar-refractivity contribution in [3.63, 3.8) is 0 Å². The molecule has 2 atom stereocenters. The van der Waals surface area contributed by atoms with Crippen molar-refractivity contribution < 1.29 is 9.50 Å². The zero-order valence-corrected chi connectivity index (χ0v) is 8.71. The van der Waals surface area contributed by atoms with Crippen LogP contribution >= 0.6 is 0 Å². The molecule has 0 radical (unpaired) electrons. The van der Waals surface area contributed by atoms with E-state index in [2.05, 4.69) is 4.90 Å². The Labute approximate surface area is 85.1 Å². The number of nitrogens with zero attached hydrogens (tertiary/aromatic N) is 1. The lowest BCUT2D eigenvalue weighted by Crippen LogP contribution is -2.53. The normalized spacial score (nSPS) is 39.4. The fourth-order valence-corrected chi connectivity index (χ4v) is 2.96. The minimum atomic E-state index is -0.412. The summed E-state index contributed by atoms with van der Waals surface area (Å²) in [5, 5.41) is 10.4. The summed E-state index contributed by atoms with van der Waals surface area (Å²) in [7, 11) is 0. The van der Waals surface area contributed by atoms with E-state index >= 15 is 0 Å². The molecule has 2 unspecified atom stereocenters. The summed E-state index contributed by atoms with van der Waals surface area (Å²) in [5.74, 6) is 0.400. The first-order chi connectivity index (χ1) is 6.74. The van der Waals surface area contributed by atoms with Crippen LogP contribution in [-0.2, 0) is 0 Å². The van der Waals surface area contributed by atoms with Gasteiger partial charge in [0.2, 0.25) is 0 Å². The molecule has 2 nitrogen and oxygen atoms in total. The highest BCUT2D eigenvalue weighted by atomic mass is 19.1. The van der Waals surface area contributed by atoms with Gasteiger partial charge in [0.15, 0.2) is 0 Å². The van der Waals surface area contributed by atoms with Crippen molar-refractivity contribution >= 4 is 0 Å². The van der Waals surface area contributed by atoms with E-state index in [1.165, 1.54) is 6.42 Å². The van der Waals surface area contributed by atoms with Gasteiger partial charge in [-0.1, -0.05) is 12.8 Å². The van der Waals surface area contributed by atoms with Gasteiger partial charge in [0, 0.05) is 25.6 Å². The second kappa shape index (κ2) is 4.15. The van der Waals surface area contributed by atoms with Gasteiger partial charge in [0.25, 0.3) is 0 Å². The Balaban J connectivity index is 1.95. The molecule has 1 saturated heterocycles. The molecule has 0 spiro atoms. The van der Waals surface area contributed by atoms with E-state index in [4.69, 9.17) is 0 Å². The van der Waals surface area contributed by atoms with Gasteiger partial charge in [-0.2, -0.15) is 0 Å². The van der Waals surface area contributed by atoms with Crippen LogP contribution in [0.5, 0.6) is 0 Å². The Morgan fingerprint density at radius 2 is 2.21 bits per heavy atom. The van der Waals surface area contributed by atoms with Crippen LogP contribution in [0.25, 0.3) is 0 Å². The first-order valence-electron chi connectivity index (χ1n) is 5.75. The molecule has 0 aromatic heterocycles. The van der Waals surface area contributed by atoms with Crippen LogP contribution in [0.1, 0.15) is 32.1 Å². The van der Waals surface area contributed by atoms with Crippen LogP contribution < -0.4 is 0 Å². The van der Waals surface area contributed by atoms with Crippen molar-refractivity contribution in [2.24, 2.45) is 5.92 Å². The fraction of sp³-hybridized carbons (Fsp3) is 1.00. The second-order valence-corrected chi connectivity index (χ2v) is 4.79. The summed E-state index contributed by atoms with van der Waals surface area (Å²) in [6, 6.07) is 0. The van der Waals surface area contributed by atoms with Gasteiger partial charge in [-0.3, -0.25) is 0 Å². The fourth-order valence-electron chi connectivity index (χ4n) is 2.96. The van der Waals surface area contributed by atoms with E-state index < -0.39 is 5.60 Å². The van der Waals surface area contributed by atoms with E-state index in [0.29, 0.717) is 12.5 Å². The molecular formula is C11H20FNO. The zero-order chi connectivity index (χ0) is 10.0. The predicted molar refractivity (Wildman–Crippen MR) is 53.9 cm³/mol. The van der Waals surface area contributed by atoms with Gasteiger partial charge >= 0.3 is 0 Å². The van der Waals surface area contributed by atoms with E-state index in [1.807, 2.05) is 0 Å². The summed E-state index contributed by atoms with van der Waals surface area (Å²) in [4.78, 5) is 2.16. The van der Waals surface area contributed by atoms with Crippen molar-refractivity contribution in [2.45, 2.75) is 37.7 Å². The molecule has 14 heavy (non-hydrogen) atoms. The van der Waals surface area contributed by atoms with Crippen LogP contribution in [0.3, 0.4) is 0 Å². The lowest BCUT2D eigenvalue weighted by Gasteiger charge is -2.47. The van der Waals surface area contributed by atoms with Crippen molar-refractivity contribution in [1.82, 2.24) is 4.90 Å². The van der Waals surface area contributed by atoms with Crippen molar-refractivity contribution in [3.8, 4) is 0 Å². The van der Waals surface area contributed by atoms with Gasteiger partial charge in [-0.05, 0) is 19.3 Å². The van der Waals surface area contributed by atoms with Gasteiger partial charge in [-0.25, -0.2) is 4.39 Å². The Morgan fingerprint density at radius 3 is 3.00 bits per heavy atom. The molecule has 2 fully saturated rings. The maximum absolute atomic E-state index is 12.2. The number of rotatable bonds is 2. The number of hydrogen-bond donors (Lipinski definition) is 1. The number of piperidine rings is 1. The molecule has 0 aromatic carbocycles. The molecule has 1 heterocycles. The summed E-state index contributed by atoms with van der Waals surface area (Å²) in [6.45, 7) is 2.06. The summed E-state index contributed by atoms with van der Waals surface area (Å²) >= 11 is 0. The third-order valence-corrected chi connectivity index (χ3v) is 3.91. The molecule has 82 valence electrons. The highest BCUT2D eigenvalue weighted by molar-refractivity contribution is 4.95. The molecular weight excluding hydrogens is 181 g/mol. The van der Waals surface area contributed by atoms with Crippen LogP contribution in [0.2, 0.25) is 0 Å². The Morgan fingerprint density at radius 1 is 1.36 bits per heavy atom. The van der Waals surface area contributed by atoms with Crippen LogP contribution in [0.15, 0.2) is 0 Å². The predicted octanol–water partition coefficient (Wildman–Crippen LogP) is 1.58. The molecule has 1 aliphatic carbocycles.